The van der Waals surface area contributed by atoms with Crippen LogP contribution in [0.25, 0.3) is 6.08 Å². The molecule has 6 heteroatoms. The van der Waals surface area contributed by atoms with Crippen LogP contribution in [0.4, 0.5) is 4.79 Å². The minimum Gasteiger partial charge on any atom is -0.489 e. The van der Waals surface area contributed by atoms with Crippen LogP contribution in [0.15, 0.2) is 57.9 Å². The average molecular weight is 428 g/mol. The van der Waals surface area contributed by atoms with Crippen molar-refractivity contribution in [2.45, 2.75) is 6.61 Å². The number of thioether (sulfide) groups is 1. The van der Waals surface area contributed by atoms with Crippen LogP contribution >= 0.6 is 27.7 Å². The number of hydrogen-bond acceptors (Lipinski definition) is 4. The van der Waals surface area contributed by atoms with Gasteiger partial charge in [-0.2, -0.15) is 0 Å². The number of amides is 2. The third-order valence-corrected chi connectivity index (χ3v) is 5.06. The van der Waals surface area contributed by atoms with Gasteiger partial charge in [-0.1, -0.05) is 46.1 Å². The van der Waals surface area contributed by atoms with E-state index < -0.39 is 0 Å². The molecule has 1 fully saturated rings. The summed E-state index contributed by atoms with van der Waals surface area (Å²) >= 11 is 4.30. The van der Waals surface area contributed by atoms with Crippen molar-refractivity contribution < 1.29 is 14.3 Å². The second-order valence-electron chi connectivity index (χ2n) is 5.46. The summed E-state index contributed by atoms with van der Waals surface area (Å²) in [6, 6.07) is 15.3. The van der Waals surface area contributed by atoms with E-state index in [-0.39, 0.29) is 17.7 Å². The number of benzene rings is 2. The summed E-state index contributed by atoms with van der Waals surface area (Å²) in [5, 5.41) is -0.339. The highest BCUT2D eigenvalue weighted by molar-refractivity contribution is 9.10. The number of rotatable bonds is 5. The van der Waals surface area contributed by atoms with E-state index in [1.165, 1.54) is 0 Å². The molecule has 1 saturated heterocycles. The van der Waals surface area contributed by atoms with Crippen LogP contribution in [-0.4, -0.2) is 22.6 Å². The van der Waals surface area contributed by atoms with Crippen molar-refractivity contribution in [3.05, 3.63) is 69.0 Å². The Labute approximate surface area is 164 Å². The van der Waals surface area contributed by atoms with Gasteiger partial charge in [0.25, 0.3) is 11.1 Å². The molecule has 1 aliphatic heterocycles. The Morgan fingerprint density at radius 2 is 1.81 bits per heavy atom. The third-order valence-electron chi connectivity index (χ3n) is 3.62. The molecule has 1 aliphatic rings. The van der Waals surface area contributed by atoms with Gasteiger partial charge in [-0.3, -0.25) is 14.5 Å². The first-order chi connectivity index (χ1) is 12.6. The van der Waals surface area contributed by atoms with E-state index in [9.17, 15) is 9.59 Å². The number of nitrogens with zero attached hydrogens (tertiary/aromatic N) is 1. The number of halogens is 1. The molecular weight excluding hydrogens is 414 g/mol. The van der Waals surface area contributed by atoms with Gasteiger partial charge in [0, 0.05) is 4.47 Å². The molecule has 0 saturated carbocycles. The SMILES string of the molecule is C#CCN1C(=O)S/C(=C/c2ccc(OCc3ccc(Br)cc3)cc2)C1=O. The molecule has 1 heterocycles. The zero-order valence-electron chi connectivity index (χ0n) is 13.6. The second-order valence-corrected chi connectivity index (χ2v) is 7.37. The fourth-order valence-electron chi connectivity index (χ4n) is 2.29. The highest BCUT2D eigenvalue weighted by atomic mass is 79.9. The molecule has 3 rings (SSSR count). The molecule has 0 radical (unpaired) electrons. The second kappa shape index (κ2) is 8.26. The highest BCUT2D eigenvalue weighted by Gasteiger charge is 2.34. The minimum atomic E-state index is -0.353. The number of carbonyl (C=O) groups excluding carboxylic acids is 2. The Kier molecular flexibility index (Phi) is 5.82. The first-order valence-corrected chi connectivity index (χ1v) is 9.34. The van der Waals surface area contributed by atoms with Crippen molar-refractivity contribution in [3.8, 4) is 18.1 Å². The van der Waals surface area contributed by atoms with Crippen LogP contribution < -0.4 is 4.74 Å². The van der Waals surface area contributed by atoms with Gasteiger partial charge in [0.05, 0.1) is 11.4 Å². The molecule has 130 valence electrons. The van der Waals surface area contributed by atoms with Gasteiger partial charge >= 0.3 is 0 Å². The summed E-state index contributed by atoms with van der Waals surface area (Å²) in [5.41, 5.74) is 1.88. The van der Waals surface area contributed by atoms with E-state index >= 15 is 0 Å². The summed E-state index contributed by atoms with van der Waals surface area (Å²) in [7, 11) is 0. The topological polar surface area (TPSA) is 46.6 Å². The number of hydrogen-bond donors (Lipinski definition) is 0. The Morgan fingerprint density at radius 3 is 2.46 bits per heavy atom. The molecular formula is C20H14BrNO3S. The Bertz CT molecular complexity index is 898. The van der Waals surface area contributed by atoms with Crippen molar-refractivity contribution in [1.29, 1.82) is 0 Å². The predicted octanol–water partition coefficient (Wildman–Crippen LogP) is 4.70. The van der Waals surface area contributed by atoms with E-state index in [1.54, 1.807) is 6.08 Å². The summed E-state index contributed by atoms with van der Waals surface area (Å²) < 4.78 is 6.78. The zero-order chi connectivity index (χ0) is 18.5. The van der Waals surface area contributed by atoms with Gasteiger partial charge in [0.1, 0.15) is 12.4 Å². The normalized spacial score (nSPS) is 15.4. The lowest BCUT2D eigenvalue weighted by molar-refractivity contribution is -0.122. The number of imide groups is 1. The first kappa shape index (κ1) is 18.3. The standard InChI is InChI=1S/C20H14BrNO3S/c1-2-11-22-19(23)18(26-20(22)24)12-14-5-9-17(10-6-14)25-13-15-3-7-16(21)8-4-15/h1,3-10,12H,11,13H2/b18-12+. The monoisotopic (exact) mass is 427 g/mol. The van der Waals surface area contributed by atoms with Gasteiger partial charge in [-0.05, 0) is 53.2 Å². The molecule has 2 aromatic rings. The van der Waals surface area contributed by atoms with Crippen LogP contribution in [0.2, 0.25) is 0 Å². The molecule has 26 heavy (non-hydrogen) atoms. The quantitative estimate of drug-likeness (QED) is 0.512. The van der Waals surface area contributed by atoms with Crippen LogP contribution in [0, 0.1) is 12.3 Å². The van der Waals surface area contributed by atoms with Gasteiger partial charge in [-0.15, -0.1) is 6.42 Å². The molecule has 0 spiro atoms. The molecule has 0 atom stereocenters. The van der Waals surface area contributed by atoms with Crippen molar-refractivity contribution in [2.75, 3.05) is 6.54 Å². The van der Waals surface area contributed by atoms with Gasteiger partial charge in [-0.25, -0.2) is 0 Å². The Balaban J connectivity index is 1.64. The maximum atomic E-state index is 12.2. The number of ether oxygens (including phenoxy) is 1. The maximum absolute atomic E-state index is 12.2. The van der Waals surface area contributed by atoms with Gasteiger partial charge < -0.3 is 4.74 Å². The maximum Gasteiger partial charge on any atom is 0.294 e. The van der Waals surface area contributed by atoms with Crippen molar-refractivity contribution in [3.63, 3.8) is 0 Å². The fraction of sp³-hybridized carbons (Fsp3) is 0.100. The Hall–Kier alpha value is -2.49. The molecule has 2 aromatic carbocycles. The molecule has 4 nitrogen and oxygen atoms in total. The van der Waals surface area contributed by atoms with Crippen LogP contribution in [-0.2, 0) is 11.4 Å². The van der Waals surface area contributed by atoms with Gasteiger partial charge in [0.15, 0.2) is 0 Å². The minimum absolute atomic E-state index is 0.00909. The van der Waals surface area contributed by atoms with E-state index in [0.717, 1.165) is 38.0 Å². The zero-order valence-corrected chi connectivity index (χ0v) is 16.0. The Morgan fingerprint density at radius 1 is 1.12 bits per heavy atom. The van der Waals surface area contributed by atoms with Crippen LogP contribution in [0.5, 0.6) is 5.75 Å². The number of carbonyl (C=O) groups is 2. The van der Waals surface area contributed by atoms with Crippen LogP contribution in [0.1, 0.15) is 11.1 Å². The molecule has 2 amide bonds. The summed E-state index contributed by atoms with van der Waals surface area (Å²) in [6.07, 6.45) is 6.86. The molecule has 0 aliphatic carbocycles. The number of terminal acetylenes is 1. The first-order valence-electron chi connectivity index (χ1n) is 7.73. The third kappa shape index (κ3) is 4.37. The summed E-state index contributed by atoms with van der Waals surface area (Å²) in [4.78, 5) is 25.4. The van der Waals surface area contributed by atoms with Gasteiger partial charge in [0.2, 0.25) is 0 Å². The van der Waals surface area contributed by atoms with E-state index in [0.29, 0.717) is 11.5 Å². The summed E-state index contributed by atoms with van der Waals surface area (Å²) in [6.45, 7) is 0.461. The largest absolute Gasteiger partial charge is 0.489 e. The predicted molar refractivity (Wildman–Crippen MR) is 106 cm³/mol. The van der Waals surface area contributed by atoms with Crippen molar-refractivity contribution >= 4 is 44.9 Å². The lowest BCUT2D eigenvalue weighted by Gasteiger charge is -2.07. The molecule has 0 bridgehead atoms. The highest BCUT2D eigenvalue weighted by Crippen LogP contribution is 2.32. The van der Waals surface area contributed by atoms with Crippen molar-refractivity contribution in [2.24, 2.45) is 0 Å². The molecule has 0 N–H and O–H groups in total. The molecule has 0 unspecified atom stereocenters. The van der Waals surface area contributed by atoms with Crippen LogP contribution in [0.3, 0.4) is 0 Å². The van der Waals surface area contributed by atoms with E-state index in [2.05, 4.69) is 21.9 Å². The van der Waals surface area contributed by atoms with Crippen molar-refractivity contribution in [1.82, 2.24) is 4.90 Å². The van der Waals surface area contributed by atoms with E-state index in [4.69, 9.17) is 11.2 Å². The lowest BCUT2D eigenvalue weighted by Crippen LogP contribution is -2.28. The fourth-order valence-corrected chi connectivity index (χ4v) is 3.39. The lowest BCUT2D eigenvalue weighted by atomic mass is 10.2. The smallest absolute Gasteiger partial charge is 0.294 e. The summed E-state index contributed by atoms with van der Waals surface area (Å²) in [5.74, 6) is 2.69. The average Bonchev–Trinajstić information content (AvgIpc) is 2.90. The van der Waals surface area contributed by atoms with E-state index in [1.807, 2.05) is 48.5 Å². The molecule has 0 aromatic heterocycles.